The molecule has 146 valence electrons. The van der Waals surface area contributed by atoms with Crippen molar-refractivity contribution in [3.63, 3.8) is 0 Å². The SMILES string of the molecule is C=C1CC(c2cc(C)c(Cl)cc2CCCC(O)=C2CC2)Cc2c(Cl)cccc21. The maximum atomic E-state index is 10.1. The lowest BCUT2D eigenvalue weighted by molar-refractivity contribution is 0.381. The van der Waals surface area contributed by atoms with E-state index < -0.39 is 0 Å². The fraction of sp³-hybridized carbons (Fsp3) is 0.360. The molecule has 0 bridgehead atoms. The topological polar surface area (TPSA) is 20.2 Å². The number of hydrogen-bond acceptors (Lipinski definition) is 1. The number of fused-ring (bicyclic) bond motifs is 1. The van der Waals surface area contributed by atoms with Crippen molar-refractivity contribution in [2.75, 3.05) is 0 Å². The molecule has 2 aromatic rings. The summed E-state index contributed by atoms with van der Waals surface area (Å²) in [7, 11) is 0. The average Bonchev–Trinajstić information content (AvgIpc) is 3.50. The van der Waals surface area contributed by atoms with Gasteiger partial charge >= 0.3 is 0 Å². The number of allylic oxidation sites excluding steroid dienone is 3. The van der Waals surface area contributed by atoms with E-state index >= 15 is 0 Å². The van der Waals surface area contributed by atoms with Crippen LogP contribution in [0.1, 0.15) is 65.8 Å². The number of halogens is 2. The van der Waals surface area contributed by atoms with Gasteiger partial charge in [0, 0.05) is 16.5 Å². The van der Waals surface area contributed by atoms with E-state index in [0.717, 1.165) is 66.1 Å². The number of hydrogen-bond donors (Lipinski definition) is 1. The predicted molar refractivity (Wildman–Crippen MR) is 120 cm³/mol. The molecule has 1 N–H and O–H groups in total. The molecule has 3 heteroatoms. The zero-order valence-electron chi connectivity index (χ0n) is 16.3. The minimum atomic E-state index is 0.362. The van der Waals surface area contributed by atoms with Crippen LogP contribution in [-0.4, -0.2) is 5.11 Å². The summed E-state index contributed by atoms with van der Waals surface area (Å²) in [5.74, 6) is 0.966. The molecule has 0 aliphatic heterocycles. The van der Waals surface area contributed by atoms with Crippen molar-refractivity contribution in [1.29, 1.82) is 0 Å². The van der Waals surface area contributed by atoms with E-state index in [4.69, 9.17) is 23.2 Å². The molecular formula is C25H26Cl2O. The lowest BCUT2D eigenvalue weighted by Crippen LogP contribution is -2.14. The Labute approximate surface area is 177 Å². The Morgan fingerprint density at radius 1 is 1.14 bits per heavy atom. The number of aryl methyl sites for hydroxylation is 2. The lowest BCUT2D eigenvalue weighted by atomic mass is 9.76. The molecule has 0 aromatic heterocycles. The second-order valence-electron chi connectivity index (χ2n) is 8.18. The first-order chi connectivity index (χ1) is 13.4. The van der Waals surface area contributed by atoms with Crippen molar-refractivity contribution in [2.24, 2.45) is 0 Å². The second-order valence-corrected chi connectivity index (χ2v) is 8.99. The van der Waals surface area contributed by atoms with Crippen LogP contribution in [0.3, 0.4) is 0 Å². The van der Waals surface area contributed by atoms with Crippen LogP contribution in [0.5, 0.6) is 0 Å². The molecule has 1 unspecified atom stereocenters. The van der Waals surface area contributed by atoms with Crippen molar-refractivity contribution < 1.29 is 5.11 Å². The summed E-state index contributed by atoms with van der Waals surface area (Å²) in [5, 5.41) is 11.7. The summed E-state index contributed by atoms with van der Waals surface area (Å²) < 4.78 is 0. The van der Waals surface area contributed by atoms with E-state index in [2.05, 4.69) is 31.7 Å². The summed E-state index contributed by atoms with van der Waals surface area (Å²) in [6.07, 6.45) is 6.62. The highest BCUT2D eigenvalue weighted by atomic mass is 35.5. The van der Waals surface area contributed by atoms with Crippen LogP contribution in [0.4, 0.5) is 0 Å². The molecule has 0 heterocycles. The summed E-state index contributed by atoms with van der Waals surface area (Å²) >= 11 is 13.0. The minimum Gasteiger partial charge on any atom is -0.512 e. The lowest BCUT2D eigenvalue weighted by Gasteiger charge is -2.29. The first kappa shape index (κ1) is 19.6. The third-order valence-corrected chi connectivity index (χ3v) is 6.83. The Kier molecular flexibility index (Phi) is 5.58. The largest absolute Gasteiger partial charge is 0.512 e. The Morgan fingerprint density at radius 2 is 1.93 bits per heavy atom. The van der Waals surface area contributed by atoms with Gasteiger partial charge in [0.25, 0.3) is 0 Å². The maximum absolute atomic E-state index is 10.1. The van der Waals surface area contributed by atoms with E-state index in [1.54, 1.807) is 0 Å². The highest BCUT2D eigenvalue weighted by Gasteiger charge is 2.26. The standard InChI is InChI=1S/C25H26Cl2O/c1-15-11-19(13-22-20(15)6-4-7-23(22)26)21-12-16(2)24(27)14-18(21)5-3-8-25(28)17-9-10-17/h4,6-7,12,14,19,28H,1,3,5,8-11,13H2,2H3. The van der Waals surface area contributed by atoms with E-state index in [1.807, 2.05) is 12.1 Å². The van der Waals surface area contributed by atoms with Gasteiger partial charge in [0.05, 0.1) is 5.76 Å². The Morgan fingerprint density at radius 3 is 2.68 bits per heavy atom. The van der Waals surface area contributed by atoms with Gasteiger partial charge in [-0.1, -0.05) is 48.0 Å². The first-order valence-corrected chi connectivity index (χ1v) is 10.8. The quantitative estimate of drug-likeness (QED) is 0.493. The Hall–Kier alpha value is -1.70. The van der Waals surface area contributed by atoms with E-state index in [9.17, 15) is 5.11 Å². The van der Waals surface area contributed by atoms with Gasteiger partial charge in [-0.2, -0.15) is 0 Å². The summed E-state index contributed by atoms with van der Waals surface area (Å²) in [4.78, 5) is 0. The summed E-state index contributed by atoms with van der Waals surface area (Å²) in [6, 6.07) is 10.5. The molecule has 0 amide bonds. The summed E-state index contributed by atoms with van der Waals surface area (Å²) in [5.41, 5.74) is 8.56. The molecule has 1 fully saturated rings. The predicted octanol–water partition coefficient (Wildman–Crippen LogP) is 7.97. The zero-order chi connectivity index (χ0) is 19.8. The molecule has 2 aliphatic carbocycles. The van der Waals surface area contributed by atoms with Gasteiger partial charge in [0.1, 0.15) is 0 Å². The number of benzene rings is 2. The van der Waals surface area contributed by atoms with Gasteiger partial charge in [-0.15, -0.1) is 0 Å². The fourth-order valence-electron chi connectivity index (χ4n) is 4.36. The van der Waals surface area contributed by atoms with Crippen molar-refractivity contribution in [2.45, 2.75) is 57.8 Å². The summed E-state index contributed by atoms with van der Waals surface area (Å²) in [6.45, 7) is 6.40. The van der Waals surface area contributed by atoms with Gasteiger partial charge in [-0.3, -0.25) is 0 Å². The van der Waals surface area contributed by atoms with E-state index in [0.29, 0.717) is 11.7 Å². The van der Waals surface area contributed by atoms with Crippen molar-refractivity contribution in [3.05, 3.63) is 86.1 Å². The van der Waals surface area contributed by atoms with Crippen molar-refractivity contribution >= 4 is 28.8 Å². The molecule has 1 nitrogen and oxygen atoms in total. The molecular weight excluding hydrogens is 387 g/mol. The van der Waals surface area contributed by atoms with Gasteiger partial charge in [0.15, 0.2) is 0 Å². The second kappa shape index (κ2) is 7.97. The third-order valence-electron chi connectivity index (χ3n) is 6.07. The van der Waals surface area contributed by atoms with E-state index in [-0.39, 0.29) is 0 Å². The molecule has 1 saturated carbocycles. The van der Waals surface area contributed by atoms with Crippen molar-refractivity contribution in [1.82, 2.24) is 0 Å². The van der Waals surface area contributed by atoms with Gasteiger partial charge in [-0.05, 0) is 102 Å². The Bertz CT molecular complexity index is 965. The highest BCUT2D eigenvalue weighted by Crippen LogP contribution is 2.43. The number of aliphatic hydroxyl groups excluding tert-OH is 1. The molecule has 1 atom stereocenters. The number of rotatable bonds is 5. The molecule has 2 aromatic carbocycles. The maximum Gasteiger partial charge on any atom is 0.0914 e. The van der Waals surface area contributed by atoms with Crippen LogP contribution in [0.15, 0.2) is 48.2 Å². The Balaban J connectivity index is 1.61. The van der Waals surface area contributed by atoms with E-state index in [1.165, 1.54) is 27.8 Å². The van der Waals surface area contributed by atoms with Crippen LogP contribution in [0.2, 0.25) is 10.0 Å². The van der Waals surface area contributed by atoms with Crippen LogP contribution in [0.25, 0.3) is 5.57 Å². The number of aliphatic hydroxyl groups is 1. The fourth-order valence-corrected chi connectivity index (χ4v) is 4.80. The molecule has 28 heavy (non-hydrogen) atoms. The van der Waals surface area contributed by atoms with Crippen LogP contribution in [-0.2, 0) is 12.8 Å². The third kappa shape index (κ3) is 4.02. The molecule has 0 saturated heterocycles. The van der Waals surface area contributed by atoms with Crippen LogP contribution >= 0.6 is 23.2 Å². The van der Waals surface area contributed by atoms with Crippen molar-refractivity contribution in [3.8, 4) is 0 Å². The monoisotopic (exact) mass is 412 g/mol. The van der Waals surface area contributed by atoms with Gasteiger partial charge < -0.3 is 5.11 Å². The van der Waals surface area contributed by atoms with Crippen LogP contribution < -0.4 is 0 Å². The van der Waals surface area contributed by atoms with Crippen LogP contribution in [0, 0.1) is 6.92 Å². The molecule has 0 spiro atoms. The molecule has 4 rings (SSSR count). The smallest absolute Gasteiger partial charge is 0.0914 e. The first-order valence-electron chi connectivity index (χ1n) is 10.1. The average molecular weight is 413 g/mol. The molecule has 2 aliphatic rings. The van der Waals surface area contributed by atoms with Gasteiger partial charge in [-0.25, -0.2) is 0 Å². The van der Waals surface area contributed by atoms with Gasteiger partial charge in [0.2, 0.25) is 0 Å². The minimum absolute atomic E-state index is 0.362. The highest BCUT2D eigenvalue weighted by molar-refractivity contribution is 6.32. The zero-order valence-corrected chi connectivity index (χ0v) is 17.8. The normalized spacial score (nSPS) is 18.2. The molecule has 0 radical (unpaired) electrons.